The Kier molecular flexibility index (Phi) is 10.7. The van der Waals surface area contributed by atoms with Crippen LogP contribution in [0.4, 0.5) is 5.13 Å². The molecule has 0 radical (unpaired) electrons. The predicted octanol–water partition coefficient (Wildman–Crippen LogP) is 5.62. The largest absolute Gasteiger partial charge is 0.496 e. The molecule has 0 saturated carbocycles. The zero-order valence-electron chi connectivity index (χ0n) is 25.9. The molecule has 3 amide bonds. The lowest BCUT2D eigenvalue weighted by Gasteiger charge is -2.36. The smallest absolute Gasteiger partial charge is 0.257 e. The molecule has 234 valence electrons. The third-order valence-corrected chi connectivity index (χ3v) is 9.41. The van der Waals surface area contributed by atoms with Gasteiger partial charge in [-0.25, -0.2) is 4.98 Å². The maximum absolute atomic E-state index is 13.2. The van der Waals surface area contributed by atoms with Crippen molar-refractivity contribution in [1.82, 2.24) is 20.1 Å². The highest BCUT2D eigenvalue weighted by Gasteiger charge is 2.32. The number of nitrogens with one attached hydrogen (secondary N) is 2. The van der Waals surface area contributed by atoms with Crippen LogP contribution in [0, 0.1) is 0 Å². The highest BCUT2D eigenvalue weighted by Crippen LogP contribution is 2.33. The zero-order valence-corrected chi connectivity index (χ0v) is 26.8. The molecule has 1 atom stereocenters. The minimum Gasteiger partial charge on any atom is -0.496 e. The van der Waals surface area contributed by atoms with Crippen LogP contribution in [0.2, 0.25) is 0 Å². The second kappa shape index (κ2) is 14.8. The fourth-order valence-electron chi connectivity index (χ4n) is 6.06. The summed E-state index contributed by atoms with van der Waals surface area (Å²) in [7, 11) is 1.65. The van der Waals surface area contributed by atoms with Crippen molar-refractivity contribution in [2.45, 2.75) is 70.9 Å². The van der Waals surface area contributed by atoms with Gasteiger partial charge in [0.05, 0.1) is 12.8 Å². The molecule has 3 heterocycles. The number of unbranched alkanes of at least 4 members (excludes halogenated alkanes) is 1. The van der Waals surface area contributed by atoms with Gasteiger partial charge in [-0.15, -0.1) is 11.3 Å². The number of nitrogens with zero attached hydrogens (tertiary/aromatic N) is 3. The van der Waals surface area contributed by atoms with Crippen molar-refractivity contribution in [3.05, 3.63) is 64.5 Å². The van der Waals surface area contributed by atoms with Crippen LogP contribution in [-0.4, -0.2) is 77.9 Å². The van der Waals surface area contributed by atoms with Gasteiger partial charge >= 0.3 is 0 Å². The summed E-state index contributed by atoms with van der Waals surface area (Å²) in [4.78, 5) is 47.0. The Morgan fingerprint density at radius 1 is 1.00 bits per heavy atom. The molecule has 0 spiro atoms. The number of carbonyl (C=O) groups excluding carboxylic acids is 3. The monoisotopic (exact) mass is 617 g/mol. The number of hydrogen-bond donors (Lipinski definition) is 2. The van der Waals surface area contributed by atoms with Crippen LogP contribution in [0.15, 0.2) is 47.8 Å². The van der Waals surface area contributed by atoms with Gasteiger partial charge in [0.15, 0.2) is 5.13 Å². The summed E-state index contributed by atoms with van der Waals surface area (Å²) in [6.07, 6.45) is 6.59. The normalized spacial score (nSPS) is 17.4. The Balaban J connectivity index is 1.14. The molecule has 2 aliphatic rings. The molecule has 10 heteroatoms. The van der Waals surface area contributed by atoms with Gasteiger partial charge in [-0.1, -0.05) is 26.3 Å². The van der Waals surface area contributed by atoms with E-state index in [2.05, 4.69) is 39.6 Å². The number of amides is 3. The van der Waals surface area contributed by atoms with E-state index in [0.29, 0.717) is 41.8 Å². The molecule has 1 unspecified atom stereocenters. The van der Waals surface area contributed by atoms with Gasteiger partial charge in [0.25, 0.3) is 11.8 Å². The molecule has 2 N–H and O–H groups in total. The first-order valence-corrected chi connectivity index (χ1v) is 16.6. The SMILES string of the molecule is CCCCc1ccc(OC)c(-c2csc(NC(=O)c3ccc(C(=O)N4CCC(N5CCC(NC(=O)CC)C5)CC4)cc3)n2)c1. The molecule has 2 aliphatic heterocycles. The van der Waals surface area contributed by atoms with E-state index in [1.54, 1.807) is 31.4 Å². The number of likely N-dealkylation sites (tertiary alicyclic amines) is 2. The number of carbonyl (C=O) groups is 3. The lowest BCUT2D eigenvalue weighted by atomic mass is 10.0. The maximum atomic E-state index is 13.2. The van der Waals surface area contributed by atoms with Gasteiger partial charge in [0.2, 0.25) is 5.91 Å². The highest BCUT2D eigenvalue weighted by atomic mass is 32.1. The lowest BCUT2D eigenvalue weighted by molar-refractivity contribution is -0.121. The van der Waals surface area contributed by atoms with Crippen molar-refractivity contribution < 1.29 is 19.1 Å². The first-order valence-electron chi connectivity index (χ1n) is 15.7. The van der Waals surface area contributed by atoms with E-state index in [1.165, 1.54) is 16.9 Å². The van der Waals surface area contributed by atoms with Crippen LogP contribution in [0.3, 0.4) is 0 Å². The minimum absolute atomic E-state index is 0.00963. The van der Waals surface area contributed by atoms with E-state index in [0.717, 1.165) is 68.6 Å². The van der Waals surface area contributed by atoms with Gasteiger partial charge in [-0.05, 0) is 74.1 Å². The molecule has 9 nitrogen and oxygen atoms in total. The Labute approximate surface area is 264 Å². The van der Waals surface area contributed by atoms with Crippen LogP contribution in [0.1, 0.15) is 78.7 Å². The summed E-state index contributed by atoms with van der Waals surface area (Å²) in [5.74, 6) is 0.580. The molecule has 1 aromatic heterocycles. The van der Waals surface area contributed by atoms with E-state index in [1.807, 2.05) is 23.3 Å². The van der Waals surface area contributed by atoms with Crippen molar-refractivity contribution in [1.29, 1.82) is 0 Å². The quantitative estimate of drug-likeness (QED) is 0.290. The van der Waals surface area contributed by atoms with E-state index in [9.17, 15) is 14.4 Å². The molecular weight excluding hydrogens is 574 g/mol. The van der Waals surface area contributed by atoms with Gasteiger partial charge in [0, 0.05) is 66.8 Å². The molecule has 2 aromatic carbocycles. The van der Waals surface area contributed by atoms with Crippen LogP contribution in [-0.2, 0) is 11.2 Å². The maximum Gasteiger partial charge on any atom is 0.257 e. The van der Waals surface area contributed by atoms with Crippen LogP contribution >= 0.6 is 11.3 Å². The number of aryl methyl sites for hydroxylation is 1. The molecule has 2 saturated heterocycles. The van der Waals surface area contributed by atoms with Crippen molar-refractivity contribution in [3.63, 3.8) is 0 Å². The Morgan fingerprint density at radius 3 is 2.45 bits per heavy atom. The number of aromatic nitrogens is 1. The average molecular weight is 618 g/mol. The van der Waals surface area contributed by atoms with E-state index in [-0.39, 0.29) is 23.8 Å². The van der Waals surface area contributed by atoms with Crippen LogP contribution in [0.25, 0.3) is 11.3 Å². The van der Waals surface area contributed by atoms with Gasteiger partial charge < -0.3 is 15.0 Å². The number of thiazole rings is 1. The molecule has 5 rings (SSSR count). The van der Waals surface area contributed by atoms with Crippen molar-refractivity contribution >= 4 is 34.2 Å². The van der Waals surface area contributed by atoms with Crippen LogP contribution in [0.5, 0.6) is 5.75 Å². The predicted molar refractivity (Wildman–Crippen MR) is 174 cm³/mol. The summed E-state index contributed by atoms with van der Waals surface area (Å²) in [5, 5.41) is 8.44. The molecule has 44 heavy (non-hydrogen) atoms. The lowest BCUT2D eigenvalue weighted by Crippen LogP contribution is -2.47. The number of rotatable bonds is 11. The first kappa shape index (κ1) is 31.7. The average Bonchev–Trinajstić information content (AvgIpc) is 3.73. The van der Waals surface area contributed by atoms with Gasteiger partial charge in [-0.3, -0.25) is 24.6 Å². The van der Waals surface area contributed by atoms with E-state index >= 15 is 0 Å². The molecule has 2 fully saturated rings. The number of benzene rings is 2. The molecule has 3 aromatic rings. The third kappa shape index (κ3) is 7.65. The summed E-state index contributed by atoms with van der Waals surface area (Å²) in [6.45, 7) is 7.33. The van der Waals surface area contributed by atoms with Crippen molar-refractivity contribution in [2.75, 3.05) is 38.6 Å². The van der Waals surface area contributed by atoms with Gasteiger partial charge in [0.1, 0.15) is 5.75 Å². The number of anilines is 1. The number of piperidine rings is 1. The summed E-state index contributed by atoms with van der Waals surface area (Å²) in [6, 6.07) is 13.7. The third-order valence-electron chi connectivity index (χ3n) is 8.65. The fraction of sp³-hybridized carbons (Fsp3) is 0.471. The van der Waals surface area contributed by atoms with Crippen molar-refractivity contribution in [2.24, 2.45) is 0 Å². The zero-order chi connectivity index (χ0) is 31.1. The molecule has 0 bridgehead atoms. The second-order valence-corrected chi connectivity index (χ2v) is 12.5. The summed E-state index contributed by atoms with van der Waals surface area (Å²) < 4.78 is 5.57. The number of ether oxygens (including phenoxy) is 1. The molecular formula is C34H43N5O4S. The second-order valence-electron chi connectivity index (χ2n) is 11.6. The summed E-state index contributed by atoms with van der Waals surface area (Å²) >= 11 is 1.37. The Morgan fingerprint density at radius 2 is 1.75 bits per heavy atom. The summed E-state index contributed by atoms with van der Waals surface area (Å²) in [5.41, 5.74) is 3.96. The highest BCUT2D eigenvalue weighted by molar-refractivity contribution is 7.14. The van der Waals surface area contributed by atoms with Crippen molar-refractivity contribution in [3.8, 4) is 17.0 Å². The van der Waals surface area contributed by atoms with Gasteiger partial charge in [-0.2, -0.15) is 0 Å². The number of hydrogen-bond acceptors (Lipinski definition) is 7. The van der Waals surface area contributed by atoms with Crippen LogP contribution < -0.4 is 15.4 Å². The molecule has 0 aliphatic carbocycles. The topological polar surface area (TPSA) is 104 Å². The number of methoxy groups -OCH3 is 1. The van der Waals surface area contributed by atoms with E-state index < -0.39 is 0 Å². The fourth-order valence-corrected chi connectivity index (χ4v) is 6.77. The Hall–Kier alpha value is -3.76. The minimum atomic E-state index is -0.270. The standard InChI is InChI=1S/C34H43N5O4S/c1-4-6-7-23-8-13-30(43-3)28(20-23)29-22-44-34(36-29)37-32(41)24-9-11-25(12-10-24)33(42)38-18-15-27(16-19-38)39-17-14-26(21-39)35-31(40)5-2/h8-13,20,22,26-27H,4-7,14-19,21H2,1-3H3,(H,35,40)(H,36,37,41). The Bertz CT molecular complexity index is 1450. The van der Waals surface area contributed by atoms with E-state index in [4.69, 9.17) is 4.74 Å². The first-order chi connectivity index (χ1) is 21.4.